The van der Waals surface area contributed by atoms with E-state index in [0.29, 0.717) is 0 Å². The number of unbranched alkanes of at least 4 members (excludes halogenated alkanes) is 1. The van der Waals surface area contributed by atoms with Crippen molar-refractivity contribution in [2.75, 3.05) is 20.1 Å². The van der Waals surface area contributed by atoms with Gasteiger partial charge in [-0.15, -0.1) is 0 Å². The Morgan fingerprint density at radius 2 is 2.06 bits per heavy atom. The number of nitrogens with zero attached hydrogens (tertiary/aromatic N) is 1. The maximum Gasteiger partial charge on any atom is 0.190 e. The Balaban J connectivity index is 2.14. The minimum absolute atomic E-state index is 0.787. The van der Waals surface area contributed by atoms with Crippen LogP contribution in [-0.2, 0) is 0 Å². The van der Waals surface area contributed by atoms with Gasteiger partial charge in [0.25, 0.3) is 0 Å². The third kappa shape index (κ3) is 6.54. The second-order valence-electron chi connectivity index (χ2n) is 5.19. The third-order valence-electron chi connectivity index (χ3n) is 3.58. The SMILES string of the molecule is CCCCC(CC)CNC(=NC)NCC1CC1. The van der Waals surface area contributed by atoms with Gasteiger partial charge in [0.05, 0.1) is 0 Å². The second-order valence-corrected chi connectivity index (χ2v) is 5.19. The molecule has 0 aromatic heterocycles. The lowest BCUT2D eigenvalue weighted by Crippen LogP contribution is -2.40. The fraction of sp³-hybridized carbons (Fsp3) is 0.929. The van der Waals surface area contributed by atoms with Crippen molar-refractivity contribution in [3.05, 3.63) is 0 Å². The minimum Gasteiger partial charge on any atom is -0.356 e. The number of hydrogen-bond donors (Lipinski definition) is 2. The van der Waals surface area contributed by atoms with Crippen LogP contribution < -0.4 is 10.6 Å². The van der Waals surface area contributed by atoms with Crippen LogP contribution in [0.5, 0.6) is 0 Å². The Kier molecular flexibility index (Phi) is 7.06. The van der Waals surface area contributed by atoms with Gasteiger partial charge >= 0.3 is 0 Å². The highest BCUT2D eigenvalue weighted by Crippen LogP contribution is 2.27. The molecule has 1 atom stereocenters. The molecule has 3 heteroatoms. The molecule has 1 unspecified atom stereocenters. The van der Waals surface area contributed by atoms with Crippen LogP contribution in [0.2, 0.25) is 0 Å². The summed E-state index contributed by atoms with van der Waals surface area (Å²) >= 11 is 0. The van der Waals surface area contributed by atoms with Gasteiger partial charge in [-0.25, -0.2) is 0 Å². The van der Waals surface area contributed by atoms with E-state index in [0.717, 1.165) is 30.9 Å². The first kappa shape index (κ1) is 14.3. The highest BCUT2D eigenvalue weighted by atomic mass is 15.2. The molecule has 3 nitrogen and oxygen atoms in total. The highest BCUT2D eigenvalue weighted by molar-refractivity contribution is 5.79. The molecule has 17 heavy (non-hydrogen) atoms. The fourth-order valence-corrected chi connectivity index (χ4v) is 1.97. The molecule has 0 aromatic rings. The van der Waals surface area contributed by atoms with Gasteiger partial charge in [-0.1, -0.05) is 33.1 Å². The first-order chi connectivity index (χ1) is 8.30. The summed E-state index contributed by atoms with van der Waals surface area (Å²) in [5, 5.41) is 6.86. The molecule has 0 radical (unpaired) electrons. The topological polar surface area (TPSA) is 36.4 Å². The standard InChI is InChI=1S/C14H29N3/c1-4-6-7-12(5-2)10-16-14(15-3)17-11-13-8-9-13/h12-13H,4-11H2,1-3H3,(H2,15,16,17). The molecule has 0 aromatic carbocycles. The van der Waals surface area contributed by atoms with Crippen molar-refractivity contribution in [3.8, 4) is 0 Å². The van der Waals surface area contributed by atoms with E-state index in [-0.39, 0.29) is 0 Å². The van der Waals surface area contributed by atoms with Crippen LogP contribution in [0.1, 0.15) is 52.4 Å². The maximum atomic E-state index is 4.27. The fourth-order valence-electron chi connectivity index (χ4n) is 1.97. The zero-order valence-corrected chi connectivity index (χ0v) is 11.8. The molecule has 1 fully saturated rings. The van der Waals surface area contributed by atoms with E-state index >= 15 is 0 Å². The smallest absolute Gasteiger partial charge is 0.190 e. The maximum absolute atomic E-state index is 4.27. The Labute approximate surface area is 106 Å². The van der Waals surface area contributed by atoms with Gasteiger partial charge in [-0.3, -0.25) is 4.99 Å². The third-order valence-corrected chi connectivity index (χ3v) is 3.58. The predicted octanol–water partition coefficient (Wildman–Crippen LogP) is 2.78. The van der Waals surface area contributed by atoms with Crippen LogP contribution in [0.25, 0.3) is 0 Å². The Bertz CT molecular complexity index is 222. The summed E-state index contributed by atoms with van der Waals surface area (Å²) in [4.78, 5) is 4.27. The Hall–Kier alpha value is -0.730. The van der Waals surface area contributed by atoms with Crippen molar-refractivity contribution in [2.24, 2.45) is 16.8 Å². The van der Waals surface area contributed by atoms with E-state index in [4.69, 9.17) is 0 Å². The van der Waals surface area contributed by atoms with Crippen molar-refractivity contribution < 1.29 is 0 Å². The van der Waals surface area contributed by atoms with Crippen molar-refractivity contribution >= 4 is 5.96 Å². The molecule has 1 aliphatic carbocycles. The summed E-state index contributed by atoms with van der Waals surface area (Å²) < 4.78 is 0. The molecule has 0 heterocycles. The second kappa shape index (κ2) is 8.37. The highest BCUT2D eigenvalue weighted by Gasteiger charge is 2.21. The quantitative estimate of drug-likeness (QED) is 0.505. The first-order valence-electron chi connectivity index (χ1n) is 7.24. The summed E-state index contributed by atoms with van der Waals surface area (Å²) in [6.07, 6.45) is 8.00. The van der Waals surface area contributed by atoms with Gasteiger partial charge in [0.15, 0.2) is 5.96 Å². The van der Waals surface area contributed by atoms with Crippen LogP contribution in [0.4, 0.5) is 0 Å². The van der Waals surface area contributed by atoms with Gasteiger partial charge in [-0.05, 0) is 31.1 Å². The molecule has 0 aliphatic heterocycles. The van der Waals surface area contributed by atoms with Crippen molar-refractivity contribution in [3.63, 3.8) is 0 Å². The average Bonchev–Trinajstić information content (AvgIpc) is 3.17. The van der Waals surface area contributed by atoms with Crippen molar-refractivity contribution in [1.82, 2.24) is 10.6 Å². The molecule has 1 saturated carbocycles. The number of guanidine groups is 1. The molecule has 1 rings (SSSR count). The molecule has 1 aliphatic rings. The van der Waals surface area contributed by atoms with Crippen LogP contribution in [0, 0.1) is 11.8 Å². The predicted molar refractivity (Wildman–Crippen MR) is 75.4 cm³/mol. The van der Waals surface area contributed by atoms with E-state index < -0.39 is 0 Å². The lowest BCUT2D eigenvalue weighted by Gasteiger charge is -2.17. The Morgan fingerprint density at radius 1 is 1.29 bits per heavy atom. The van der Waals surface area contributed by atoms with Gasteiger partial charge in [0.2, 0.25) is 0 Å². The van der Waals surface area contributed by atoms with E-state index in [9.17, 15) is 0 Å². The van der Waals surface area contributed by atoms with E-state index in [1.165, 1.54) is 38.5 Å². The van der Waals surface area contributed by atoms with Crippen LogP contribution in [0.3, 0.4) is 0 Å². The normalized spacial score (nSPS) is 17.9. The van der Waals surface area contributed by atoms with Crippen molar-refractivity contribution in [1.29, 1.82) is 0 Å². The Morgan fingerprint density at radius 3 is 2.59 bits per heavy atom. The molecule has 0 amide bonds. The zero-order chi connectivity index (χ0) is 12.5. The average molecular weight is 239 g/mol. The van der Waals surface area contributed by atoms with Gasteiger partial charge in [0, 0.05) is 20.1 Å². The largest absolute Gasteiger partial charge is 0.356 e. The summed E-state index contributed by atoms with van der Waals surface area (Å²) in [5.41, 5.74) is 0. The summed E-state index contributed by atoms with van der Waals surface area (Å²) in [6, 6.07) is 0. The molecule has 0 bridgehead atoms. The number of nitrogens with one attached hydrogen (secondary N) is 2. The monoisotopic (exact) mass is 239 g/mol. The molecule has 0 spiro atoms. The van der Waals surface area contributed by atoms with E-state index in [1.54, 1.807) is 0 Å². The first-order valence-corrected chi connectivity index (χ1v) is 7.24. The van der Waals surface area contributed by atoms with Crippen LogP contribution in [-0.4, -0.2) is 26.1 Å². The lowest BCUT2D eigenvalue weighted by molar-refractivity contribution is 0.443. The lowest BCUT2D eigenvalue weighted by atomic mass is 9.99. The summed E-state index contributed by atoms with van der Waals surface area (Å²) in [7, 11) is 1.86. The zero-order valence-electron chi connectivity index (χ0n) is 11.8. The van der Waals surface area contributed by atoms with E-state index in [2.05, 4.69) is 29.5 Å². The molecular weight excluding hydrogens is 210 g/mol. The molecule has 0 saturated heterocycles. The van der Waals surface area contributed by atoms with E-state index in [1.807, 2.05) is 7.05 Å². The van der Waals surface area contributed by atoms with Crippen LogP contribution >= 0.6 is 0 Å². The van der Waals surface area contributed by atoms with Gasteiger partial charge in [0.1, 0.15) is 0 Å². The number of aliphatic imine (C=N–C) groups is 1. The molecule has 100 valence electrons. The van der Waals surface area contributed by atoms with Crippen LogP contribution in [0.15, 0.2) is 4.99 Å². The van der Waals surface area contributed by atoms with Crippen molar-refractivity contribution in [2.45, 2.75) is 52.4 Å². The number of rotatable bonds is 8. The molecule has 2 N–H and O–H groups in total. The summed E-state index contributed by atoms with van der Waals surface area (Å²) in [6.45, 7) is 6.69. The van der Waals surface area contributed by atoms with Gasteiger partial charge in [-0.2, -0.15) is 0 Å². The number of hydrogen-bond acceptors (Lipinski definition) is 1. The molecular formula is C14H29N3. The van der Waals surface area contributed by atoms with Gasteiger partial charge < -0.3 is 10.6 Å². The minimum atomic E-state index is 0.787. The summed E-state index contributed by atoms with van der Waals surface area (Å²) in [5.74, 6) is 2.66.